The summed E-state index contributed by atoms with van der Waals surface area (Å²) in [6.07, 6.45) is 0.803. The molecule has 0 aliphatic carbocycles. The average Bonchev–Trinajstić information content (AvgIpc) is 2.64. The van der Waals surface area contributed by atoms with Crippen molar-refractivity contribution < 1.29 is 4.79 Å². The van der Waals surface area contributed by atoms with Crippen molar-refractivity contribution >= 4 is 35.2 Å². The third-order valence-corrected chi connectivity index (χ3v) is 5.21. The van der Waals surface area contributed by atoms with Crippen molar-refractivity contribution in [3.05, 3.63) is 64.1 Å². The number of rotatable bonds is 5. The topological polar surface area (TPSA) is 49.6 Å². The number of aldehydes is 1. The van der Waals surface area contributed by atoms with Crippen molar-refractivity contribution in [1.29, 1.82) is 0 Å². The van der Waals surface area contributed by atoms with Crippen molar-refractivity contribution in [3.8, 4) is 0 Å². The second-order valence-corrected chi connectivity index (χ2v) is 7.03. The highest BCUT2D eigenvalue weighted by Gasteiger charge is 2.30. The van der Waals surface area contributed by atoms with Crippen molar-refractivity contribution in [3.63, 3.8) is 0 Å². The van der Waals surface area contributed by atoms with E-state index >= 15 is 0 Å². The molecule has 25 heavy (non-hydrogen) atoms. The molecule has 0 aromatic heterocycles. The lowest BCUT2D eigenvalue weighted by atomic mass is 9.98. The molecular weight excluding hydrogens is 357 g/mol. The molecule has 1 aliphatic rings. The van der Waals surface area contributed by atoms with Gasteiger partial charge in [-0.25, -0.2) is 0 Å². The lowest BCUT2D eigenvalue weighted by molar-refractivity contribution is -0.110. The minimum Gasteiger partial charge on any atom is -0.369 e. The van der Waals surface area contributed by atoms with Gasteiger partial charge in [0.15, 0.2) is 0 Å². The first-order valence-corrected chi connectivity index (χ1v) is 9.05. The molecular formula is C19H21Cl2N3O. The van der Waals surface area contributed by atoms with Crippen LogP contribution in [0.2, 0.25) is 10.0 Å². The summed E-state index contributed by atoms with van der Waals surface area (Å²) in [5.41, 5.74) is 8.13. The van der Waals surface area contributed by atoms with Crippen LogP contribution in [-0.2, 0) is 4.79 Å². The normalized spacial score (nSPS) is 18.0. The Balaban J connectivity index is 1.76. The molecule has 2 aromatic carbocycles. The molecule has 4 nitrogen and oxygen atoms in total. The molecule has 3 rings (SSSR count). The minimum atomic E-state index is -0.613. The summed E-state index contributed by atoms with van der Waals surface area (Å²) < 4.78 is 0. The van der Waals surface area contributed by atoms with E-state index in [1.165, 1.54) is 0 Å². The largest absolute Gasteiger partial charge is 0.369 e. The SMILES string of the molecule is NC(C=O)C(c1ccccc1Cl)N1CCN(c2cccc(Cl)c2)CC1. The first-order valence-electron chi connectivity index (χ1n) is 8.30. The van der Waals surface area contributed by atoms with E-state index in [1.807, 2.05) is 42.5 Å². The maximum absolute atomic E-state index is 11.4. The lowest BCUT2D eigenvalue weighted by Crippen LogP contribution is -2.52. The molecule has 2 N–H and O–H groups in total. The van der Waals surface area contributed by atoms with E-state index in [0.29, 0.717) is 5.02 Å². The summed E-state index contributed by atoms with van der Waals surface area (Å²) in [4.78, 5) is 15.9. The van der Waals surface area contributed by atoms with Gasteiger partial charge >= 0.3 is 0 Å². The van der Waals surface area contributed by atoms with Gasteiger partial charge in [-0.15, -0.1) is 0 Å². The quantitative estimate of drug-likeness (QED) is 0.811. The Labute approximate surface area is 158 Å². The van der Waals surface area contributed by atoms with Crippen LogP contribution in [0.1, 0.15) is 11.6 Å². The van der Waals surface area contributed by atoms with Gasteiger partial charge in [0.25, 0.3) is 0 Å². The second kappa shape index (κ2) is 8.19. The van der Waals surface area contributed by atoms with E-state index in [9.17, 15) is 4.79 Å². The van der Waals surface area contributed by atoms with Gasteiger partial charge in [0.2, 0.25) is 0 Å². The van der Waals surface area contributed by atoms with Crippen molar-refractivity contribution in [2.24, 2.45) is 5.73 Å². The van der Waals surface area contributed by atoms with Crippen LogP contribution in [0, 0.1) is 0 Å². The lowest BCUT2D eigenvalue weighted by Gasteiger charge is -2.41. The summed E-state index contributed by atoms with van der Waals surface area (Å²) in [7, 11) is 0. The highest BCUT2D eigenvalue weighted by atomic mass is 35.5. The number of benzene rings is 2. The van der Waals surface area contributed by atoms with Gasteiger partial charge in [0.1, 0.15) is 6.29 Å². The van der Waals surface area contributed by atoms with Gasteiger partial charge in [-0.3, -0.25) is 4.90 Å². The Morgan fingerprint density at radius 1 is 1.00 bits per heavy atom. The van der Waals surface area contributed by atoms with Crippen LogP contribution in [0.5, 0.6) is 0 Å². The van der Waals surface area contributed by atoms with E-state index in [0.717, 1.165) is 48.7 Å². The van der Waals surface area contributed by atoms with E-state index in [2.05, 4.69) is 15.9 Å². The smallest absolute Gasteiger partial charge is 0.138 e. The Kier molecular flexibility index (Phi) is 5.97. The fourth-order valence-corrected chi connectivity index (χ4v) is 3.80. The molecule has 132 valence electrons. The minimum absolute atomic E-state index is 0.215. The molecule has 0 saturated carbocycles. The fraction of sp³-hybridized carbons (Fsp3) is 0.316. The number of nitrogens with zero attached hydrogens (tertiary/aromatic N) is 2. The predicted molar refractivity (Wildman–Crippen MR) is 103 cm³/mol. The van der Waals surface area contributed by atoms with Gasteiger partial charge in [0, 0.05) is 41.9 Å². The molecule has 0 radical (unpaired) electrons. The fourth-order valence-electron chi connectivity index (χ4n) is 3.37. The molecule has 6 heteroatoms. The molecule has 0 spiro atoms. The third-order valence-electron chi connectivity index (χ3n) is 4.63. The van der Waals surface area contributed by atoms with Gasteiger partial charge in [0.05, 0.1) is 12.1 Å². The molecule has 2 atom stereocenters. The number of piperazine rings is 1. The molecule has 2 unspecified atom stereocenters. The summed E-state index contributed by atoms with van der Waals surface area (Å²) in [5.74, 6) is 0. The van der Waals surface area contributed by atoms with E-state index in [4.69, 9.17) is 28.9 Å². The van der Waals surface area contributed by atoms with Gasteiger partial charge in [-0.1, -0.05) is 47.5 Å². The summed E-state index contributed by atoms with van der Waals surface area (Å²) in [5, 5.41) is 1.37. The number of carbonyl (C=O) groups excluding carboxylic acids is 1. The Morgan fingerprint density at radius 3 is 2.36 bits per heavy atom. The van der Waals surface area contributed by atoms with Crippen LogP contribution < -0.4 is 10.6 Å². The van der Waals surface area contributed by atoms with Crippen LogP contribution in [-0.4, -0.2) is 43.4 Å². The summed E-state index contributed by atoms with van der Waals surface area (Å²) in [6, 6.07) is 14.6. The highest BCUT2D eigenvalue weighted by molar-refractivity contribution is 6.31. The Hall–Kier alpha value is -1.59. The number of nitrogens with two attached hydrogens (primary N) is 1. The zero-order valence-corrected chi connectivity index (χ0v) is 15.3. The van der Waals surface area contributed by atoms with Crippen LogP contribution in [0.15, 0.2) is 48.5 Å². The third kappa shape index (κ3) is 4.15. The van der Waals surface area contributed by atoms with Crippen LogP contribution in [0.25, 0.3) is 0 Å². The van der Waals surface area contributed by atoms with Gasteiger partial charge in [-0.2, -0.15) is 0 Å². The van der Waals surface area contributed by atoms with Crippen LogP contribution in [0.3, 0.4) is 0 Å². The van der Waals surface area contributed by atoms with Crippen molar-refractivity contribution in [2.75, 3.05) is 31.1 Å². The maximum Gasteiger partial charge on any atom is 0.138 e. The number of hydrogen-bond donors (Lipinski definition) is 1. The summed E-state index contributed by atoms with van der Waals surface area (Å²) >= 11 is 12.5. The zero-order valence-electron chi connectivity index (χ0n) is 13.8. The number of hydrogen-bond acceptors (Lipinski definition) is 4. The highest BCUT2D eigenvalue weighted by Crippen LogP contribution is 2.31. The van der Waals surface area contributed by atoms with E-state index in [1.54, 1.807) is 0 Å². The predicted octanol–water partition coefficient (Wildman–Crippen LogP) is 3.38. The molecule has 0 bridgehead atoms. The number of anilines is 1. The van der Waals surface area contributed by atoms with E-state index in [-0.39, 0.29) is 6.04 Å². The molecule has 1 heterocycles. The molecule has 1 aliphatic heterocycles. The second-order valence-electron chi connectivity index (χ2n) is 6.18. The average molecular weight is 378 g/mol. The van der Waals surface area contributed by atoms with Gasteiger partial charge in [-0.05, 0) is 29.8 Å². The monoisotopic (exact) mass is 377 g/mol. The molecule has 2 aromatic rings. The molecule has 0 amide bonds. The first-order chi connectivity index (χ1) is 12.1. The number of halogens is 2. The Bertz CT molecular complexity index is 732. The standard InChI is InChI=1S/C19H21Cl2N3O/c20-14-4-3-5-15(12-14)23-8-10-24(11-9-23)19(18(22)13-25)16-6-1-2-7-17(16)21/h1-7,12-13,18-19H,8-11,22H2. The zero-order chi connectivity index (χ0) is 17.8. The van der Waals surface area contributed by atoms with Crippen LogP contribution >= 0.6 is 23.2 Å². The van der Waals surface area contributed by atoms with Crippen molar-refractivity contribution in [1.82, 2.24) is 4.90 Å². The van der Waals surface area contributed by atoms with Crippen molar-refractivity contribution in [2.45, 2.75) is 12.1 Å². The summed E-state index contributed by atoms with van der Waals surface area (Å²) in [6.45, 7) is 3.27. The van der Waals surface area contributed by atoms with Crippen LogP contribution in [0.4, 0.5) is 5.69 Å². The maximum atomic E-state index is 11.4. The first kappa shape index (κ1) is 18.2. The van der Waals surface area contributed by atoms with E-state index < -0.39 is 6.04 Å². The molecule has 1 fully saturated rings. The van der Waals surface area contributed by atoms with Gasteiger partial charge < -0.3 is 15.4 Å². The Morgan fingerprint density at radius 2 is 1.72 bits per heavy atom. The molecule has 1 saturated heterocycles. The number of carbonyl (C=O) groups is 1.